The van der Waals surface area contributed by atoms with Gasteiger partial charge in [-0.05, 0) is 78.8 Å². The molecule has 0 amide bonds. The number of ketones is 1. The number of benzene rings is 2. The Morgan fingerprint density at radius 2 is 1.93 bits per heavy atom. The number of hydrogen-bond donors (Lipinski definition) is 0. The summed E-state index contributed by atoms with van der Waals surface area (Å²) < 4.78 is 6.10. The van der Waals surface area contributed by atoms with Crippen LogP contribution in [0, 0.1) is 11.8 Å². The summed E-state index contributed by atoms with van der Waals surface area (Å²) in [4.78, 5) is 16.1. The molecule has 5 rings (SSSR count). The Kier molecular flexibility index (Phi) is 4.74. The number of hydrogen-bond acceptors (Lipinski definition) is 3. The van der Waals surface area contributed by atoms with Gasteiger partial charge in [0.1, 0.15) is 12.4 Å². The molecule has 0 spiro atoms. The van der Waals surface area contributed by atoms with Gasteiger partial charge in [-0.25, -0.2) is 0 Å². The van der Waals surface area contributed by atoms with E-state index in [4.69, 9.17) is 4.74 Å². The van der Waals surface area contributed by atoms with Gasteiger partial charge in [-0.2, -0.15) is 0 Å². The van der Waals surface area contributed by atoms with E-state index in [1.54, 1.807) is 0 Å². The molecule has 2 aliphatic carbocycles. The summed E-state index contributed by atoms with van der Waals surface area (Å²) in [5, 5.41) is 0. The molecular formula is C26H31NO2. The molecule has 3 heteroatoms. The molecule has 1 heterocycles. The molecule has 0 radical (unpaired) electrons. The SMILES string of the molecule is C[C@H]1[C@H]2C(=O)c3ccc(OCc4ccccc4)cc3[C@]1(C)CCCN2CC1CC1. The summed E-state index contributed by atoms with van der Waals surface area (Å²) >= 11 is 0. The molecule has 1 aliphatic heterocycles. The second kappa shape index (κ2) is 7.28. The first kappa shape index (κ1) is 18.9. The molecule has 3 aliphatic rings. The third kappa shape index (κ3) is 3.40. The fraction of sp³-hybridized carbons (Fsp3) is 0.500. The lowest BCUT2D eigenvalue weighted by atomic mass is 9.61. The molecule has 0 N–H and O–H groups in total. The monoisotopic (exact) mass is 389 g/mol. The van der Waals surface area contributed by atoms with Crippen LogP contribution in [-0.2, 0) is 12.0 Å². The lowest BCUT2D eigenvalue weighted by Gasteiger charge is -2.46. The van der Waals surface area contributed by atoms with E-state index < -0.39 is 0 Å². The maximum atomic E-state index is 13.6. The second-order valence-corrected chi connectivity index (χ2v) is 9.54. The van der Waals surface area contributed by atoms with Crippen molar-refractivity contribution in [3.8, 4) is 5.75 Å². The first-order valence-corrected chi connectivity index (χ1v) is 11.2. The van der Waals surface area contributed by atoms with E-state index in [0.717, 1.165) is 48.7 Å². The zero-order chi connectivity index (χ0) is 20.0. The van der Waals surface area contributed by atoms with Gasteiger partial charge < -0.3 is 4.74 Å². The quantitative estimate of drug-likeness (QED) is 0.701. The average molecular weight is 390 g/mol. The van der Waals surface area contributed by atoms with Crippen LogP contribution in [0.4, 0.5) is 0 Å². The van der Waals surface area contributed by atoms with Gasteiger partial charge in [0.15, 0.2) is 5.78 Å². The van der Waals surface area contributed by atoms with E-state index in [-0.39, 0.29) is 11.5 Å². The molecule has 2 fully saturated rings. The minimum Gasteiger partial charge on any atom is -0.489 e. The highest BCUT2D eigenvalue weighted by Gasteiger charge is 2.51. The van der Waals surface area contributed by atoms with Crippen LogP contribution in [0.1, 0.15) is 61.0 Å². The van der Waals surface area contributed by atoms with Crippen LogP contribution >= 0.6 is 0 Å². The minimum absolute atomic E-state index is 0.0261. The molecule has 0 unspecified atom stereocenters. The van der Waals surface area contributed by atoms with Gasteiger partial charge in [0.2, 0.25) is 0 Å². The number of Topliss-reactive ketones (excluding diaryl/α,β-unsaturated/α-hetero) is 1. The number of rotatable bonds is 5. The van der Waals surface area contributed by atoms with Crippen molar-refractivity contribution in [2.24, 2.45) is 11.8 Å². The molecule has 1 saturated carbocycles. The lowest BCUT2D eigenvalue weighted by molar-refractivity contribution is 0.0642. The van der Waals surface area contributed by atoms with Crippen LogP contribution in [0.5, 0.6) is 5.75 Å². The van der Waals surface area contributed by atoms with Crippen LogP contribution in [0.3, 0.4) is 0 Å². The average Bonchev–Trinajstić information content (AvgIpc) is 3.56. The van der Waals surface area contributed by atoms with E-state index in [1.165, 1.54) is 18.4 Å². The number of ether oxygens (including phenoxy) is 1. The van der Waals surface area contributed by atoms with E-state index >= 15 is 0 Å². The molecule has 2 aromatic carbocycles. The molecule has 3 nitrogen and oxygen atoms in total. The Morgan fingerprint density at radius 1 is 1.14 bits per heavy atom. The van der Waals surface area contributed by atoms with Gasteiger partial charge >= 0.3 is 0 Å². The number of fused-ring (bicyclic) bond motifs is 4. The van der Waals surface area contributed by atoms with E-state index in [9.17, 15) is 4.79 Å². The molecule has 0 aromatic heterocycles. The van der Waals surface area contributed by atoms with Gasteiger partial charge in [-0.3, -0.25) is 9.69 Å². The van der Waals surface area contributed by atoms with Crippen molar-refractivity contribution in [2.45, 2.75) is 57.6 Å². The van der Waals surface area contributed by atoms with E-state index in [2.05, 4.69) is 36.9 Å². The Labute approximate surface area is 174 Å². The molecule has 1 saturated heterocycles. The second-order valence-electron chi connectivity index (χ2n) is 9.54. The van der Waals surface area contributed by atoms with Gasteiger partial charge in [0, 0.05) is 12.1 Å². The minimum atomic E-state index is 0.0261. The number of carbonyl (C=O) groups is 1. The van der Waals surface area contributed by atoms with E-state index in [0.29, 0.717) is 18.3 Å². The predicted molar refractivity (Wildman–Crippen MR) is 115 cm³/mol. The normalized spacial score (nSPS) is 29.2. The van der Waals surface area contributed by atoms with Crippen LogP contribution in [0.2, 0.25) is 0 Å². The van der Waals surface area contributed by atoms with Crippen molar-refractivity contribution in [1.29, 1.82) is 0 Å². The number of likely N-dealkylation sites (tertiary alicyclic amines) is 1. The maximum absolute atomic E-state index is 13.6. The molecular weight excluding hydrogens is 358 g/mol. The summed E-state index contributed by atoms with van der Waals surface area (Å²) in [6, 6.07) is 16.4. The van der Waals surface area contributed by atoms with Crippen molar-refractivity contribution in [1.82, 2.24) is 4.90 Å². The van der Waals surface area contributed by atoms with Crippen molar-refractivity contribution < 1.29 is 9.53 Å². The van der Waals surface area contributed by atoms with Gasteiger partial charge in [-0.15, -0.1) is 0 Å². The summed E-state index contributed by atoms with van der Waals surface area (Å²) in [7, 11) is 0. The van der Waals surface area contributed by atoms with Crippen molar-refractivity contribution >= 4 is 5.78 Å². The van der Waals surface area contributed by atoms with Gasteiger partial charge in [0.25, 0.3) is 0 Å². The highest BCUT2D eigenvalue weighted by atomic mass is 16.5. The van der Waals surface area contributed by atoms with Crippen molar-refractivity contribution in [3.63, 3.8) is 0 Å². The number of carbonyl (C=O) groups excluding carboxylic acids is 1. The Bertz CT molecular complexity index is 904. The fourth-order valence-electron chi connectivity index (χ4n) is 5.49. The summed E-state index contributed by atoms with van der Waals surface area (Å²) in [5.74, 6) is 2.33. The van der Waals surface area contributed by atoms with Crippen molar-refractivity contribution in [2.75, 3.05) is 13.1 Å². The Hall–Kier alpha value is -2.13. The smallest absolute Gasteiger partial charge is 0.180 e. The van der Waals surface area contributed by atoms with Crippen LogP contribution in [0.25, 0.3) is 0 Å². The zero-order valence-corrected chi connectivity index (χ0v) is 17.6. The maximum Gasteiger partial charge on any atom is 0.180 e. The molecule has 152 valence electrons. The largest absolute Gasteiger partial charge is 0.489 e. The fourth-order valence-corrected chi connectivity index (χ4v) is 5.49. The molecule has 3 atom stereocenters. The lowest BCUT2D eigenvalue weighted by Crippen LogP contribution is -2.53. The first-order valence-electron chi connectivity index (χ1n) is 11.2. The van der Waals surface area contributed by atoms with Crippen LogP contribution in [0.15, 0.2) is 48.5 Å². The first-order chi connectivity index (χ1) is 14.1. The third-order valence-electron chi connectivity index (χ3n) is 7.59. The Morgan fingerprint density at radius 3 is 2.69 bits per heavy atom. The molecule has 29 heavy (non-hydrogen) atoms. The molecule has 2 aromatic rings. The topological polar surface area (TPSA) is 29.5 Å². The van der Waals surface area contributed by atoms with Gasteiger partial charge in [0.05, 0.1) is 6.04 Å². The third-order valence-corrected chi connectivity index (χ3v) is 7.59. The highest BCUT2D eigenvalue weighted by Crippen LogP contribution is 2.49. The summed E-state index contributed by atoms with van der Waals surface area (Å²) in [6.45, 7) is 7.38. The zero-order valence-electron chi connectivity index (χ0n) is 17.6. The highest BCUT2D eigenvalue weighted by molar-refractivity contribution is 6.03. The summed E-state index contributed by atoms with van der Waals surface area (Å²) in [5.41, 5.74) is 3.31. The molecule has 2 bridgehead atoms. The number of nitrogens with zero attached hydrogens (tertiary/aromatic N) is 1. The van der Waals surface area contributed by atoms with Crippen LogP contribution < -0.4 is 4.74 Å². The standard InChI is InChI=1S/C26H31NO2/c1-18-24-25(28)22-12-11-21(29-17-20-7-4-3-5-8-20)15-23(22)26(18,2)13-6-14-27(24)16-19-9-10-19/h3-5,7-8,11-12,15,18-19,24H,6,9-10,13-14,16-17H2,1-2H3/t18-,24-,26+/m0/s1. The Balaban J connectivity index is 1.45. The van der Waals surface area contributed by atoms with Gasteiger partial charge in [-0.1, -0.05) is 44.2 Å². The summed E-state index contributed by atoms with van der Waals surface area (Å²) in [6.07, 6.45) is 4.96. The predicted octanol–water partition coefficient (Wildman–Crippen LogP) is 5.23. The van der Waals surface area contributed by atoms with E-state index in [1.807, 2.05) is 30.3 Å². The van der Waals surface area contributed by atoms with Crippen LogP contribution in [-0.4, -0.2) is 29.8 Å². The van der Waals surface area contributed by atoms with Crippen molar-refractivity contribution in [3.05, 3.63) is 65.2 Å².